The zero-order chi connectivity index (χ0) is 14.3. The van der Waals surface area contributed by atoms with Crippen molar-refractivity contribution >= 4 is 17.3 Å². The second kappa shape index (κ2) is 4.63. The lowest BCUT2D eigenvalue weighted by molar-refractivity contribution is 0.0985. The van der Waals surface area contributed by atoms with Crippen LogP contribution in [0.4, 0.5) is 15.8 Å². The number of fused-ring (bicyclic) bond motifs is 1. The summed E-state index contributed by atoms with van der Waals surface area (Å²) in [5, 5.41) is 0. The molecule has 1 amide bonds. The SMILES string of the molecule is Cc1cccc(C(=O)N2CCc3cccc(N)c32)c1F. The van der Waals surface area contributed by atoms with Gasteiger partial charge in [0.25, 0.3) is 5.91 Å². The molecule has 1 heterocycles. The summed E-state index contributed by atoms with van der Waals surface area (Å²) in [7, 11) is 0. The van der Waals surface area contributed by atoms with E-state index in [-0.39, 0.29) is 11.5 Å². The van der Waals surface area contributed by atoms with Crippen molar-refractivity contribution in [2.24, 2.45) is 0 Å². The molecule has 1 aliphatic heterocycles. The van der Waals surface area contributed by atoms with Gasteiger partial charge in [-0.25, -0.2) is 4.39 Å². The number of hydrogen-bond donors (Lipinski definition) is 1. The third kappa shape index (κ3) is 1.84. The first-order chi connectivity index (χ1) is 9.59. The number of nitrogens with two attached hydrogens (primary N) is 1. The number of benzene rings is 2. The van der Waals surface area contributed by atoms with Crippen LogP contribution in [0.5, 0.6) is 0 Å². The fourth-order valence-electron chi connectivity index (χ4n) is 2.65. The summed E-state index contributed by atoms with van der Waals surface area (Å²) in [6.45, 7) is 2.19. The van der Waals surface area contributed by atoms with E-state index in [2.05, 4.69) is 0 Å². The number of halogens is 1. The molecule has 4 heteroatoms. The second-order valence-electron chi connectivity index (χ2n) is 5.00. The van der Waals surface area contributed by atoms with Gasteiger partial charge >= 0.3 is 0 Å². The summed E-state index contributed by atoms with van der Waals surface area (Å²) in [4.78, 5) is 14.1. The monoisotopic (exact) mass is 270 g/mol. The Kier molecular flexibility index (Phi) is 2.93. The van der Waals surface area contributed by atoms with Crippen LogP contribution in [0.1, 0.15) is 21.5 Å². The van der Waals surface area contributed by atoms with Gasteiger partial charge in [0.1, 0.15) is 5.82 Å². The molecule has 2 aromatic rings. The number of amides is 1. The summed E-state index contributed by atoms with van der Waals surface area (Å²) in [6.07, 6.45) is 0.750. The molecule has 2 N–H and O–H groups in total. The van der Waals surface area contributed by atoms with Crippen LogP contribution >= 0.6 is 0 Å². The third-order valence-electron chi connectivity index (χ3n) is 3.69. The van der Waals surface area contributed by atoms with Crippen LogP contribution in [-0.4, -0.2) is 12.5 Å². The third-order valence-corrected chi connectivity index (χ3v) is 3.69. The molecule has 0 atom stereocenters. The molecule has 0 saturated heterocycles. The Morgan fingerprint density at radius 3 is 2.80 bits per heavy atom. The van der Waals surface area contributed by atoms with Crippen molar-refractivity contribution in [3.63, 3.8) is 0 Å². The first-order valence-electron chi connectivity index (χ1n) is 6.54. The number of aryl methyl sites for hydroxylation is 1. The zero-order valence-corrected chi connectivity index (χ0v) is 11.2. The van der Waals surface area contributed by atoms with Gasteiger partial charge in [-0.3, -0.25) is 4.79 Å². The first kappa shape index (κ1) is 12.7. The Hall–Kier alpha value is -2.36. The second-order valence-corrected chi connectivity index (χ2v) is 5.00. The first-order valence-corrected chi connectivity index (χ1v) is 6.54. The Bertz CT molecular complexity index is 697. The predicted octanol–water partition coefficient (Wildman–Crippen LogP) is 2.92. The average molecular weight is 270 g/mol. The number of nitrogens with zero attached hydrogens (tertiary/aromatic N) is 1. The number of anilines is 2. The molecular formula is C16H15FN2O. The van der Waals surface area contributed by atoms with Crippen LogP contribution in [0.2, 0.25) is 0 Å². The fourth-order valence-corrected chi connectivity index (χ4v) is 2.65. The van der Waals surface area contributed by atoms with E-state index in [0.29, 0.717) is 17.8 Å². The van der Waals surface area contributed by atoms with E-state index in [0.717, 1.165) is 17.7 Å². The Morgan fingerprint density at radius 2 is 2.00 bits per heavy atom. The van der Waals surface area contributed by atoms with E-state index < -0.39 is 5.82 Å². The molecule has 3 nitrogen and oxygen atoms in total. The summed E-state index contributed by atoms with van der Waals surface area (Å²) < 4.78 is 14.1. The molecule has 2 aromatic carbocycles. The molecule has 20 heavy (non-hydrogen) atoms. The zero-order valence-electron chi connectivity index (χ0n) is 11.2. The number of hydrogen-bond acceptors (Lipinski definition) is 2. The predicted molar refractivity (Wildman–Crippen MR) is 77.4 cm³/mol. The number of carbonyl (C=O) groups is 1. The summed E-state index contributed by atoms with van der Waals surface area (Å²) in [6, 6.07) is 10.4. The highest BCUT2D eigenvalue weighted by Crippen LogP contribution is 2.34. The standard InChI is InChI=1S/C16H15FN2O/c1-10-4-2-6-12(14(10)17)16(20)19-9-8-11-5-3-7-13(18)15(11)19/h2-7H,8-9,18H2,1H3. The number of nitrogen functional groups attached to an aromatic ring is 1. The van der Waals surface area contributed by atoms with Crippen LogP contribution in [0, 0.1) is 12.7 Å². The molecule has 0 unspecified atom stereocenters. The lowest BCUT2D eigenvalue weighted by Gasteiger charge is -2.19. The molecule has 0 aromatic heterocycles. The Morgan fingerprint density at radius 1 is 1.25 bits per heavy atom. The maximum absolute atomic E-state index is 14.1. The highest BCUT2D eigenvalue weighted by atomic mass is 19.1. The molecule has 0 radical (unpaired) electrons. The quantitative estimate of drug-likeness (QED) is 0.810. The fraction of sp³-hybridized carbons (Fsp3) is 0.188. The van der Waals surface area contributed by atoms with Crippen molar-refractivity contribution in [2.45, 2.75) is 13.3 Å². The lowest BCUT2D eigenvalue weighted by atomic mass is 10.1. The van der Waals surface area contributed by atoms with E-state index in [1.807, 2.05) is 12.1 Å². The van der Waals surface area contributed by atoms with E-state index in [1.165, 1.54) is 6.07 Å². The normalized spacial score (nSPS) is 13.4. The topological polar surface area (TPSA) is 46.3 Å². The van der Waals surface area contributed by atoms with Gasteiger partial charge in [-0.05, 0) is 36.6 Å². The molecule has 0 saturated carbocycles. The smallest absolute Gasteiger partial charge is 0.261 e. The molecule has 3 rings (SSSR count). The maximum Gasteiger partial charge on any atom is 0.261 e. The molecule has 1 aliphatic rings. The van der Waals surface area contributed by atoms with Crippen molar-refractivity contribution in [1.82, 2.24) is 0 Å². The van der Waals surface area contributed by atoms with Crippen LogP contribution in [0.15, 0.2) is 36.4 Å². The highest BCUT2D eigenvalue weighted by molar-refractivity contribution is 6.09. The molecule has 0 aliphatic carbocycles. The van der Waals surface area contributed by atoms with Crippen LogP contribution in [0.25, 0.3) is 0 Å². The molecular weight excluding hydrogens is 255 g/mol. The number of para-hydroxylation sites is 1. The van der Waals surface area contributed by atoms with Gasteiger partial charge in [0, 0.05) is 6.54 Å². The van der Waals surface area contributed by atoms with Gasteiger partial charge in [-0.2, -0.15) is 0 Å². The van der Waals surface area contributed by atoms with Crippen molar-refractivity contribution in [3.05, 3.63) is 58.9 Å². The molecule has 0 bridgehead atoms. The van der Waals surface area contributed by atoms with Crippen molar-refractivity contribution in [3.8, 4) is 0 Å². The van der Waals surface area contributed by atoms with E-state index in [9.17, 15) is 9.18 Å². The lowest BCUT2D eigenvalue weighted by Crippen LogP contribution is -2.30. The maximum atomic E-state index is 14.1. The van der Waals surface area contributed by atoms with E-state index in [4.69, 9.17) is 5.73 Å². The van der Waals surface area contributed by atoms with Gasteiger partial charge in [0.15, 0.2) is 0 Å². The minimum atomic E-state index is -0.458. The molecule has 0 fully saturated rings. The molecule has 0 spiro atoms. The summed E-state index contributed by atoms with van der Waals surface area (Å²) >= 11 is 0. The van der Waals surface area contributed by atoms with Gasteiger partial charge < -0.3 is 10.6 Å². The van der Waals surface area contributed by atoms with Gasteiger partial charge in [-0.15, -0.1) is 0 Å². The highest BCUT2D eigenvalue weighted by Gasteiger charge is 2.29. The Balaban J connectivity index is 2.04. The number of rotatable bonds is 1. The van der Waals surface area contributed by atoms with Gasteiger partial charge in [0.05, 0.1) is 16.9 Å². The van der Waals surface area contributed by atoms with Gasteiger partial charge in [-0.1, -0.05) is 24.3 Å². The van der Waals surface area contributed by atoms with Crippen molar-refractivity contribution in [1.29, 1.82) is 0 Å². The van der Waals surface area contributed by atoms with Crippen molar-refractivity contribution < 1.29 is 9.18 Å². The largest absolute Gasteiger partial charge is 0.397 e. The van der Waals surface area contributed by atoms with Crippen molar-refractivity contribution in [2.75, 3.05) is 17.2 Å². The van der Waals surface area contributed by atoms with Crippen LogP contribution in [0.3, 0.4) is 0 Å². The minimum absolute atomic E-state index is 0.0982. The number of carbonyl (C=O) groups excluding carboxylic acids is 1. The van der Waals surface area contributed by atoms with Crippen LogP contribution in [-0.2, 0) is 6.42 Å². The van der Waals surface area contributed by atoms with E-state index >= 15 is 0 Å². The molecule has 102 valence electrons. The Labute approximate surface area is 116 Å². The van der Waals surface area contributed by atoms with Gasteiger partial charge in [0.2, 0.25) is 0 Å². The van der Waals surface area contributed by atoms with E-state index in [1.54, 1.807) is 30.0 Å². The summed E-state index contributed by atoms with van der Waals surface area (Å²) in [5.41, 5.74) is 8.84. The minimum Gasteiger partial charge on any atom is -0.397 e. The summed E-state index contributed by atoms with van der Waals surface area (Å²) in [5.74, 6) is -0.789. The van der Waals surface area contributed by atoms with Crippen LogP contribution < -0.4 is 10.6 Å². The average Bonchev–Trinajstić information content (AvgIpc) is 2.86.